The standard InChI is InChI=1S/C17H16ClO3P/c1-21-22(20,13-12-15-8-4-2-5-9-15)17(19,14-18)16-10-6-3-7-11-16/h2-11,19H,14H2,1H3/t17-,22+/m1/s1. The highest BCUT2D eigenvalue weighted by molar-refractivity contribution is 7.65. The molecule has 5 heteroatoms. The average molecular weight is 335 g/mol. The number of hydrogen-bond donors (Lipinski definition) is 1. The third-order valence-corrected chi connectivity index (χ3v) is 6.17. The van der Waals surface area contributed by atoms with Crippen molar-refractivity contribution in [3.05, 3.63) is 71.8 Å². The summed E-state index contributed by atoms with van der Waals surface area (Å²) in [6.45, 7) is 0. The van der Waals surface area contributed by atoms with Gasteiger partial charge in [0.05, 0.1) is 5.88 Å². The molecule has 0 fully saturated rings. The monoisotopic (exact) mass is 334 g/mol. The van der Waals surface area contributed by atoms with Gasteiger partial charge in [-0.25, -0.2) is 0 Å². The van der Waals surface area contributed by atoms with Crippen LogP contribution in [-0.4, -0.2) is 18.1 Å². The summed E-state index contributed by atoms with van der Waals surface area (Å²) < 4.78 is 18.2. The maximum atomic E-state index is 13.1. The van der Waals surface area contributed by atoms with Gasteiger partial charge in [-0.3, -0.25) is 4.57 Å². The Morgan fingerprint density at radius 2 is 1.68 bits per heavy atom. The van der Waals surface area contributed by atoms with E-state index in [9.17, 15) is 9.67 Å². The smallest absolute Gasteiger partial charge is 0.310 e. The highest BCUT2D eigenvalue weighted by atomic mass is 35.5. The first-order chi connectivity index (χ1) is 10.6. The number of benzene rings is 2. The van der Waals surface area contributed by atoms with E-state index in [2.05, 4.69) is 11.6 Å². The zero-order chi connectivity index (χ0) is 16.1. The van der Waals surface area contributed by atoms with Crippen LogP contribution in [0.1, 0.15) is 11.1 Å². The van der Waals surface area contributed by atoms with Gasteiger partial charge in [0.25, 0.3) is 0 Å². The molecule has 2 atom stereocenters. The largest absolute Gasteiger partial charge is 0.373 e. The molecule has 0 radical (unpaired) electrons. The van der Waals surface area contributed by atoms with Crippen molar-refractivity contribution < 1.29 is 14.2 Å². The summed E-state index contributed by atoms with van der Waals surface area (Å²) in [6, 6.07) is 17.7. The lowest BCUT2D eigenvalue weighted by Gasteiger charge is -2.30. The second-order valence-electron chi connectivity index (χ2n) is 4.65. The van der Waals surface area contributed by atoms with Gasteiger partial charge in [0.1, 0.15) is 0 Å². The molecule has 0 spiro atoms. The summed E-state index contributed by atoms with van der Waals surface area (Å²) in [7, 11) is -2.48. The van der Waals surface area contributed by atoms with E-state index >= 15 is 0 Å². The molecule has 114 valence electrons. The number of halogens is 1. The Morgan fingerprint density at radius 1 is 1.14 bits per heavy atom. The van der Waals surface area contributed by atoms with Crippen molar-refractivity contribution in [2.24, 2.45) is 0 Å². The van der Waals surface area contributed by atoms with Crippen molar-refractivity contribution in [3.63, 3.8) is 0 Å². The van der Waals surface area contributed by atoms with Crippen molar-refractivity contribution in [2.75, 3.05) is 13.0 Å². The van der Waals surface area contributed by atoms with Crippen LogP contribution in [0.15, 0.2) is 60.7 Å². The normalized spacial score (nSPS) is 16.0. The first-order valence-corrected chi connectivity index (χ1v) is 8.80. The Bertz CT molecular complexity index is 722. The Kier molecular flexibility index (Phi) is 5.45. The van der Waals surface area contributed by atoms with E-state index in [1.165, 1.54) is 7.11 Å². The molecule has 0 aliphatic carbocycles. The molecule has 1 N–H and O–H groups in total. The Hall–Kier alpha value is -1.56. The molecular formula is C17H16ClO3P. The van der Waals surface area contributed by atoms with Crippen LogP contribution in [0.25, 0.3) is 0 Å². The van der Waals surface area contributed by atoms with Gasteiger partial charge >= 0.3 is 7.37 Å². The molecule has 0 heterocycles. The van der Waals surface area contributed by atoms with E-state index in [0.29, 0.717) is 11.1 Å². The molecule has 2 aromatic carbocycles. The van der Waals surface area contributed by atoms with Gasteiger partial charge in [0.15, 0.2) is 5.34 Å². The third-order valence-electron chi connectivity index (χ3n) is 3.29. The van der Waals surface area contributed by atoms with Gasteiger partial charge in [-0.05, 0) is 23.4 Å². The molecule has 22 heavy (non-hydrogen) atoms. The molecule has 0 amide bonds. The fraction of sp³-hybridized carbons (Fsp3) is 0.176. The molecule has 0 aliphatic rings. The zero-order valence-corrected chi connectivity index (χ0v) is 13.7. The SMILES string of the molecule is CO[P@@](=O)(C#Cc1ccccc1)[C@](O)(CCl)c1ccccc1. The Morgan fingerprint density at radius 3 is 2.18 bits per heavy atom. The lowest BCUT2D eigenvalue weighted by Crippen LogP contribution is -2.28. The maximum Gasteiger partial charge on any atom is 0.310 e. The summed E-state index contributed by atoms with van der Waals surface area (Å²) in [5.41, 5.74) is 3.70. The summed E-state index contributed by atoms with van der Waals surface area (Å²) in [4.78, 5) is 0. The van der Waals surface area contributed by atoms with Crippen molar-refractivity contribution >= 4 is 19.0 Å². The lowest BCUT2D eigenvalue weighted by atomic mass is 10.1. The van der Waals surface area contributed by atoms with E-state index in [4.69, 9.17) is 16.1 Å². The van der Waals surface area contributed by atoms with Crippen LogP contribution in [0.3, 0.4) is 0 Å². The van der Waals surface area contributed by atoms with E-state index in [0.717, 1.165) is 0 Å². The quantitative estimate of drug-likeness (QED) is 0.522. The van der Waals surface area contributed by atoms with Crippen molar-refractivity contribution in [2.45, 2.75) is 5.34 Å². The molecule has 2 rings (SSSR count). The molecule has 0 aromatic heterocycles. The maximum absolute atomic E-state index is 13.1. The van der Waals surface area contributed by atoms with E-state index in [1.807, 2.05) is 18.2 Å². The van der Waals surface area contributed by atoms with Crippen LogP contribution >= 0.6 is 19.0 Å². The fourth-order valence-corrected chi connectivity index (χ4v) is 4.11. The van der Waals surface area contributed by atoms with Crippen molar-refractivity contribution in [1.29, 1.82) is 0 Å². The highest BCUT2D eigenvalue weighted by Crippen LogP contribution is 2.62. The van der Waals surface area contributed by atoms with Gasteiger partial charge < -0.3 is 9.63 Å². The van der Waals surface area contributed by atoms with Gasteiger partial charge in [0, 0.05) is 12.7 Å². The molecule has 0 saturated heterocycles. The van der Waals surface area contributed by atoms with Gasteiger partial charge in [-0.2, -0.15) is 0 Å². The highest BCUT2D eigenvalue weighted by Gasteiger charge is 2.47. The predicted octanol–water partition coefficient (Wildman–Crippen LogP) is 4.00. The topological polar surface area (TPSA) is 46.5 Å². The van der Waals surface area contributed by atoms with Crippen LogP contribution in [0, 0.1) is 11.6 Å². The number of rotatable bonds is 4. The fourth-order valence-electron chi connectivity index (χ4n) is 1.98. The lowest BCUT2D eigenvalue weighted by molar-refractivity contribution is 0.130. The molecule has 2 aromatic rings. The molecule has 0 bridgehead atoms. The molecule has 0 unspecified atom stereocenters. The second kappa shape index (κ2) is 7.13. The molecule has 0 aliphatic heterocycles. The average Bonchev–Trinajstić information content (AvgIpc) is 2.60. The van der Waals surface area contributed by atoms with Crippen LogP contribution in [0.5, 0.6) is 0 Å². The van der Waals surface area contributed by atoms with Gasteiger partial charge in [-0.1, -0.05) is 54.5 Å². The first-order valence-electron chi connectivity index (χ1n) is 6.64. The van der Waals surface area contributed by atoms with E-state index in [1.54, 1.807) is 42.5 Å². The minimum atomic E-state index is -3.75. The Balaban J connectivity index is 2.48. The van der Waals surface area contributed by atoms with Crippen LogP contribution in [-0.2, 0) is 14.4 Å². The summed E-state index contributed by atoms with van der Waals surface area (Å²) in [5, 5.41) is 9.01. The minimum absolute atomic E-state index is 0.286. The summed E-state index contributed by atoms with van der Waals surface area (Å²) in [5.74, 6) is 2.50. The minimum Gasteiger partial charge on any atom is -0.373 e. The Labute approximate surface area is 135 Å². The van der Waals surface area contributed by atoms with Crippen molar-refractivity contribution in [3.8, 4) is 11.6 Å². The van der Waals surface area contributed by atoms with Crippen LogP contribution < -0.4 is 0 Å². The summed E-state index contributed by atoms with van der Waals surface area (Å²) in [6.07, 6.45) is 0. The number of alkyl halides is 1. The number of hydrogen-bond acceptors (Lipinski definition) is 3. The van der Waals surface area contributed by atoms with Crippen LogP contribution in [0.4, 0.5) is 0 Å². The van der Waals surface area contributed by atoms with E-state index < -0.39 is 12.7 Å². The van der Waals surface area contributed by atoms with Gasteiger partial charge in [0.2, 0.25) is 0 Å². The number of aliphatic hydroxyl groups is 1. The molecule has 0 saturated carbocycles. The van der Waals surface area contributed by atoms with Crippen molar-refractivity contribution in [1.82, 2.24) is 0 Å². The molecular weight excluding hydrogens is 319 g/mol. The van der Waals surface area contributed by atoms with Gasteiger partial charge in [-0.15, -0.1) is 11.6 Å². The van der Waals surface area contributed by atoms with E-state index in [-0.39, 0.29) is 5.88 Å². The third kappa shape index (κ3) is 3.27. The molecule has 3 nitrogen and oxygen atoms in total. The second-order valence-corrected chi connectivity index (χ2v) is 7.35. The predicted molar refractivity (Wildman–Crippen MR) is 89.0 cm³/mol. The summed E-state index contributed by atoms with van der Waals surface area (Å²) >= 11 is 5.92. The first kappa shape index (κ1) is 16.8. The zero-order valence-electron chi connectivity index (χ0n) is 12.1. The van der Waals surface area contributed by atoms with Crippen LogP contribution in [0.2, 0.25) is 0 Å².